The SMILES string of the molecule is CC(C)(C)N(NC(=O)Nc1c(Cl)cccc1Cl)C(=O)c1ccccc1. The first-order chi connectivity index (χ1) is 11.7. The van der Waals surface area contributed by atoms with Gasteiger partial charge in [-0.2, -0.15) is 0 Å². The predicted molar refractivity (Wildman–Crippen MR) is 101 cm³/mol. The van der Waals surface area contributed by atoms with Crippen LogP contribution in [0.3, 0.4) is 0 Å². The van der Waals surface area contributed by atoms with E-state index < -0.39 is 11.6 Å². The maximum absolute atomic E-state index is 12.7. The molecule has 0 aliphatic carbocycles. The Morgan fingerprint density at radius 1 is 0.920 bits per heavy atom. The van der Waals surface area contributed by atoms with Crippen molar-refractivity contribution in [3.63, 3.8) is 0 Å². The highest BCUT2D eigenvalue weighted by Gasteiger charge is 2.29. The van der Waals surface area contributed by atoms with Crippen molar-refractivity contribution < 1.29 is 9.59 Å². The maximum atomic E-state index is 12.7. The van der Waals surface area contributed by atoms with E-state index in [0.29, 0.717) is 15.6 Å². The molecule has 0 unspecified atom stereocenters. The highest BCUT2D eigenvalue weighted by molar-refractivity contribution is 6.39. The zero-order chi connectivity index (χ0) is 18.6. The number of hydrogen-bond acceptors (Lipinski definition) is 2. The molecular formula is C18H19Cl2N3O2. The fourth-order valence-electron chi connectivity index (χ4n) is 2.09. The van der Waals surface area contributed by atoms with Gasteiger partial charge in [0.15, 0.2) is 0 Å². The Labute approximate surface area is 156 Å². The van der Waals surface area contributed by atoms with Gasteiger partial charge in [-0.15, -0.1) is 0 Å². The highest BCUT2D eigenvalue weighted by atomic mass is 35.5. The van der Waals surface area contributed by atoms with Gasteiger partial charge in [0.25, 0.3) is 5.91 Å². The predicted octanol–water partition coefficient (Wildman–Crippen LogP) is 4.97. The minimum atomic E-state index is -0.644. The molecule has 0 spiro atoms. The fourth-order valence-corrected chi connectivity index (χ4v) is 2.59. The van der Waals surface area contributed by atoms with Gasteiger partial charge in [-0.05, 0) is 45.0 Å². The van der Waals surface area contributed by atoms with Crippen LogP contribution in [-0.4, -0.2) is 22.5 Å². The lowest BCUT2D eigenvalue weighted by atomic mass is 10.1. The van der Waals surface area contributed by atoms with Crippen LogP contribution in [0.2, 0.25) is 10.0 Å². The van der Waals surface area contributed by atoms with Crippen LogP contribution in [0.1, 0.15) is 31.1 Å². The summed E-state index contributed by atoms with van der Waals surface area (Å²) in [6.07, 6.45) is 0. The summed E-state index contributed by atoms with van der Waals surface area (Å²) in [6.45, 7) is 5.45. The number of halogens is 2. The summed E-state index contributed by atoms with van der Waals surface area (Å²) in [5.74, 6) is -0.325. The Balaban J connectivity index is 2.20. The molecule has 2 N–H and O–H groups in total. The summed E-state index contributed by atoms with van der Waals surface area (Å²) in [4.78, 5) is 25.1. The highest BCUT2D eigenvalue weighted by Crippen LogP contribution is 2.29. The number of carbonyl (C=O) groups excluding carboxylic acids is 2. The summed E-state index contributed by atoms with van der Waals surface area (Å²) < 4.78 is 0. The van der Waals surface area contributed by atoms with Crippen molar-refractivity contribution in [1.29, 1.82) is 0 Å². The van der Waals surface area contributed by atoms with Gasteiger partial charge in [-0.25, -0.2) is 15.2 Å². The first kappa shape index (κ1) is 19.1. The second-order valence-corrected chi connectivity index (χ2v) is 7.15. The topological polar surface area (TPSA) is 61.4 Å². The van der Waals surface area contributed by atoms with Crippen LogP contribution in [0.5, 0.6) is 0 Å². The summed E-state index contributed by atoms with van der Waals surface area (Å²) in [7, 11) is 0. The van der Waals surface area contributed by atoms with Crippen molar-refractivity contribution in [2.24, 2.45) is 0 Å². The molecule has 7 heteroatoms. The number of hydrogen-bond donors (Lipinski definition) is 2. The van der Waals surface area contributed by atoms with Crippen LogP contribution in [0, 0.1) is 0 Å². The third kappa shape index (κ3) is 4.87. The van der Waals surface area contributed by atoms with Gasteiger partial charge in [0.2, 0.25) is 0 Å². The molecule has 0 heterocycles. The molecule has 0 saturated heterocycles. The number of carbonyl (C=O) groups is 2. The van der Waals surface area contributed by atoms with E-state index in [-0.39, 0.29) is 11.6 Å². The molecule has 25 heavy (non-hydrogen) atoms. The van der Waals surface area contributed by atoms with Crippen LogP contribution in [0.4, 0.5) is 10.5 Å². The van der Waals surface area contributed by atoms with E-state index in [1.165, 1.54) is 5.01 Å². The van der Waals surface area contributed by atoms with E-state index in [1.807, 2.05) is 26.8 Å². The molecule has 0 fully saturated rings. The van der Waals surface area contributed by atoms with Crippen LogP contribution >= 0.6 is 23.2 Å². The molecule has 132 valence electrons. The van der Waals surface area contributed by atoms with E-state index in [0.717, 1.165) is 0 Å². The lowest BCUT2D eigenvalue weighted by Crippen LogP contribution is -2.56. The van der Waals surface area contributed by atoms with Gasteiger partial charge in [-0.3, -0.25) is 4.79 Å². The number of amides is 3. The quantitative estimate of drug-likeness (QED) is 0.723. The van der Waals surface area contributed by atoms with Crippen molar-refractivity contribution >= 4 is 40.8 Å². The largest absolute Gasteiger partial charge is 0.338 e. The van der Waals surface area contributed by atoms with Gasteiger partial charge in [0.05, 0.1) is 21.3 Å². The number of urea groups is 1. The zero-order valence-corrected chi connectivity index (χ0v) is 15.7. The normalized spacial score (nSPS) is 10.9. The van der Waals surface area contributed by atoms with Crippen LogP contribution in [0.15, 0.2) is 48.5 Å². The second kappa shape index (κ2) is 7.76. The average molecular weight is 380 g/mol. The Morgan fingerprint density at radius 3 is 2.00 bits per heavy atom. The third-order valence-electron chi connectivity index (χ3n) is 3.31. The molecule has 0 aliphatic rings. The zero-order valence-electron chi connectivity index (χ0n) is 14.1. The van der Waals surface area contributed by atoms with Gasteiger partial charge in [0.1, 0.15) is 0 Å². The Hall–Kier alpha value is -2.24. The fraction of sp³-hybridized carbons (Fsp3) is 0.222. The number of benzene rings is 2. The maximum Gasteiger partial charge on any atom is 0.338 e. The summed E-state index contributed by atoms with van der Waals surface area (Å²) >= 11 is 12.1. The molecular weight excluding hydrogens is 361 g/mol. The summed E-state index contributed by atoms with van der Waals surface area (Å²) in [5, 5.41) is 4.46. The number of anilines is 1. The number of nitrogens with one attached hydrogen (secondary N) is 2. The molecule has 0 aliphatic heterocycles. The smallest absolute Gasteiger partial charge is 0.304 e. The van der Waals surface area contributed by atoms with E-state index in [4.69, 9.17) is 23.2 Å². The minimum Gasteiger partial charge on any atom is -0.304 e. The van der Waals surface area contributed by atoms with Crippen molar-refractivity contribution in [2.75, 3.05) is 5.32 Å². The molecule has 0 saturated carbocycles. The van der Waals surface area contributed by atoms with Crippen molar-refractivity contribution in [3.05, 3.63) is 64.1 Å². The first-order valence-electron chi connectivity index (χ1n) is 7.61. The number of hydrazine groups is 1. The molecule has 2 rings (SSSR count). The summed E-state index contributed by atoms with van der Waals surface area (Å²) in [5.41, 5.74) is 2.68. The van der Waals surface area contributed by atoms with Crippen molar-refractivity contribution in [1.82, 2.24) is 10.4 Å². The standard InChI is InChI=1S/C18H19Cl2N3O2/c1-18(2,3)23(16(24)12-8-5-4-6-9-12)22-17(25)21-15-13(19)10-7-11-14(15)20/h4-11H,1-3H3,(H2,21,22,25). The van der Waals surface area contributed by atoms with Gasteiger partial charge >= 0.3 is 6.03 Å². The Bertz CT molecular complexity index is 753. The molecule has 0 atom stereocenters. The monoisotopic (exact) mass is 379 g/mol. The molecule has 3 amide bonds. The molecule has 5 nitrogen and oxygen atoms in total. The molecule has 0 aromatic heterocycles. The van der Waals surface area contributed by atoms with E-state index in [1.54, 1.807) is 42.5 Å². The summed E-state index contributed by atoms with van der Waals surface area (Å²) in [6, 6.07) is 13.0. The van der Waals surface area contributed by atoms with Gasteiger partial charge in [0, 0.05) is 5.56 Å². The molecule has 0 radical (unpaired) electrons. The van der Waals surface area contributed by atoms with Gasteiger partial charge < -0.3 is 5.32 Å². The van der Waals surface area contributed by atoms with Crippen LogP contribution in [-0.2, 0) is 0 Å². The Kier molecular flexibility index (Phi) is 5.93. The number of nitrogens with zero attached hydrogens (tertiary/aromatic N) is 1. The lowest BCUT2D eigenvalue weighted by molar-refractivity contribution is 0.0460. The second-order valence-electron chi connectivity index (χ2n) is 6.34. The minimum absolute atomic E-state index is 0.282. The third-order valence-corrected chi connectivity index (χ3v) is 3.94. The number of para-hydroxylation sites is 1. The average Bonchev–Trinajstić information content (AvgIpc) is 2.55. The molecule has 2 aromatic carbocycles. The molecule has 2 aromatic rings. The van der Waals surface area contributed by atoms with Crippen molar-refractivity contribution in [3.8, 4) is 0 Å². The van der Waals surface area contributed by atoms with Crippen LogP contribution < -0.4 is 10.7 Å². The van der Waals surface area contributed by atoms with E-state index in [2.05, 4.69) is 10.7 Å². The molecule has 0 bridgehead atoms. The van der Waals surface area contributed by atoms with Gasteiger partial charge in [-0.1, -0.05) is 47.5 Å². The van der Waals surface area contributed by atoms with Crippen LogP contribution in [0.25, 0.3) is 0 Å². The van der Waals surface area contributed by atoms with Crippen molar-refractivity contribution in [2.45, 2.75) is 26.3 Å². The van der Waals surface area contributed by atoms with E-state index >= 15 is 0 Å². The lowest BCUT2D eigenvalue weighted by Gasteiger charge is -2.35. The van der Waals surface area contributed by atoms with E-state index in [9.17, 15) is 9.59 Å². The Morgan fingerprint density at radius 2 is 1.48 bits per heavy atom. The number of rotatable bonds is 2. The first-order valence-corrected chi connectivity index (χ1v) is 8.37.